The molecule has 3 rings (SSSR count). The predicted molar refractivity (Wildman–Crippen MR) is 84.1 cm³/mol. The van der Waals surface area contributed by atoms with Crippen LogP contribution in [0, 0.1) is 0 Å². The molecular weight excluding hydrogens is 343 g/mol. The number of aromatic nitrogens is 3. The van der Waals surface area contributed by atoms with Crippen LogP contribution in [-0.4, -0.2) is 21.5 Å². The van der Waals surface area contributed by atoms with Gasteiger partial charge in [-0.05, 0) is 17.7 Å². The van der Waals surface area contributed by atoms with E-state index >= 15 is 0 Å². The normalized spacial score (nSPS) is 12.2. The van der Waals surface area contributed by atoms with Gasteiger partial charge >= 0.3 is 11.7 Å². The first-order chi connectivity index (χ1) is 11.4. The lowest BCUT2D eigenvalue weighted by molar-refractivity contribution is -0.141. The smallest absolute Gasteiger partial charge is 0.432 e. The number of hydrogen-bond donors (Lipinski definition) is 0. The highest BCUT2D eigenvalue weighted by Crippen LogP contribution is 2.32. The molecule has 3 heterocycles. The van der Waals surface area contributed by atoms with Crippen LogP contribution in [0.15, 0.2) is 34.7 Å². The van der Waals surface area contributed by atoms with E-state index in [0.717, 1.165) is 22.3 Å². The van der Waals surface area contributed by atoms with E-state index in [4.69, 9.17) is 4.74 Å². The number of rotatable bonds is 3. The summed E-state index contributed by atoms with van der Waals surface area (Å²) < 4.78 is 44.5. The summed E-state index contributed by atoms with van der Waals surface area (Å²) in [4.78, 5) is 20.4. The largest absolute Gasteiger partial charge is 0.490 e. The Morgan fingerprint density at radius 1 is 1.33 bits per heavy atom. The number of fused-ring (bicyclic) bond motifs is 1. The van der Waals surface area contributed by atoms with Crippen molar-refractivity contribution in [3.63, 3.8) is 0 Å². The highest BCUT2D eigenvalue weighted by Gasteiger charge is 2.36. The van der Waals surface area contributed by atoms with E-state index in [1.807, 2.05) is 0 Å². The summed E-state index contributed by atoms with van der Waals surface area (Å²) in [6.45, 7) is 0. The maximum absolute atomic E-state index is 13.0. The van der Waals surface area contributed by atoms with Crippen molar-refractivity contribution in [2.24, 2.45) is 0 Å². The van der Waals surface area contributed by atoms with Crippen LogP contribution in [0.1, 0.15) is 17.0 Å². The second-order valence-corrected chi connectivity index (χ2v) is 5.53. The molecule has 0 radical (unpaired) electrons. The van der Waals surface area contributed by atoms with E-state index in [1.165, 1.54) is 13.2 Å². The lowest BCUT2D eigenvalue weighted by Crippen LogP contribution is -2.22. The molecule has 0 aliphatic heterocycles. The van der Waals surface area contributed by atoms with Crippen LogP contribution in [0.2, 0.25) is 0 Å². The van der Waals surface area contributed by atoms with Crippen LogP contribution < -0.4 is 10.3 Å². The maximum atomic E-state index is 13.0. The molecule has 0 N–H and O–H groups in total. The molecule has 124 valence electrons. The Kier molecular flexibility index (Phi) is 4.10. The fourth-order valence-electron chi connectivity index (χ4n) is 2.10. The minimum absolute atomic E-state index is 0.0565. The molecule has 0 bridgehead atoms. The quantitative estimate of drug-likeness (QED) is 0.725. The maximum Gasteiger partial charge on any atom is 0.432 e. The van der Waals surface area contributed by atoms with Gasteiger partial charge in [-0.1, -0.05) is 12.1 Å². The molecule has 0 aliphatic carbocycles. The fraction of sp³-hybridized carbons (Fsp3) is 0.133. The third-order valence-corrected chi connectivity index (χ3v) is 3.99. The summed E-state index contributed by atoms with van der Waals surface area (Å²) in [6, 6.07) is 3.52. The van der Waals surface area contributed by atoms with Crippen molar-refractivity contribution in [2.45, 2.75) is 6.18 Å². The Morgan fingerprint density at radius 2 is 2.12 bits per heavy atom. The summed E-state index contributed by atoms with van der Waals surface area (Å²) in [5.74, 6) is -0.253. The molecule has 9 heteroatoms. The molecule has 0 aliphatic rings. The van der Waals surface area contributed by atoms with E-state index in [-0.39, 0.29) is 16.4 Å². The monoisotopic (exact) mass is 353 g/mol. The van der Waals surface area contributed by atoms with E-state index in [1.54, 1.807) is 30.6 Å². The standard InChI is InChI=1S/C15H10F3N3O2S/c1-23-12-10(5-4-9-3-2-6-19-7-9)20-14-21(13(12)22)11(8-24-14)15(16,17)18/h2-8H,1H3/b5-4+. The van der Waals surface area contributed by atoms with Crippen molar-refractivity contribution in [1.29, 1.82) is 0 Å². The van der Waals surface area contributed by atoms with Gasteiger partial charge < -0.3 is 4.74 Å². The van der Waals surface area contributed by atoms with E-state index in [2.05, 4.69) is 9.97 Å². The summed E-state index contributed by atoms with van der Waals surface area (Å²) in [5, 5.41) is 0.859. The second kappa shape index (κ2) is 6.08. The fourth-order valence-corrected chi connectivity index (χ4v) is 3.00. The highest BCUT2D eigenvalue weighted by molar-refractivity contribution is 7.15. The molecule has 0 saturated carbocycles. The minimum Gasteiger partial charge on any atom is -0.490 e. The summed E-state index contributed by atoms with van der Waals surface area (Å²) >= 11 is 0.740. The van der Waals surface area contributed by atoms with Gasteiger partial charge in [-0.2, -0.15) is 13.2 Å². The number of pyridine rings is 1. The molecule has 3 aromatic heterocycles. The topological polar surface area (TPSA) is 56.5 Å². The third kappa shape index (κ3) is 2.90. The molecule has 0 unspecified atom stereocenters. The Bertz CT molecular complexity index is 962. The molecule has 0 aromatic carbocycles. The van der Waals surface area contributed by atoms with Crippen LogP contribution in [0.5, 0.6) is 5.75 Å². The van der Waals surface area contributed by atoms with Gasteiger partial charge in [-0.3, -0.25) is 9.78 Å². The molecule has 24 heavy (non-hydrogen) atoms. The zero-order chi connectivity index (χ0) is 17.3. The van der Waals surface area contributed by atoms with Crippen molar-refractivity contribution in [2.75, 3.05) is 7.11 Å². The molecule has 5 nitrogen and oxygen atoms in total. The molecular formula is C15H10F3N3O2S. The zero-order valence-corrected chi connectivity index (χ0v) is 13.1. The van der Waals surface area contributed by atoms with Crippen molar-refractivity contribution in [1.82, 2.24) is 14.4 Å². The van der Waals surface area contributed by atoms with Gasteiger partial charge in [-0.15, -0.1) is 11.3 Å². The first-order valence-corrected chi connectivity index (χ1v) is 7.53. The average Bonchev–Trinajstić information content (AvgIpc) is 2.98. The van der Waals surface area contributed by atoms with E-state index in [9.17, 15) is 18.0 Å². The van der Waals surface area contributed by atoms with Gasteiger partial charge in [0.05, 0.1) is 7.11 Å². The van der Waals surface area contributed by atoms with Crippen molar-refractivity contribution in [3.8, 4) is 5.75 Å². The van der Waals surface area contributed by atoms with Gasteiger partial charge in [0.25, 0.3) is 0 Å². The van der Waals surface area contributed by atoms with Crippen LogP contribution in [0.4, 0.5) is 13.2 Å². The van der Waals surface area contributed by atoms with Gasteiger partial charge in [0.1, 0.15) is 11.4 Å². The number of methoxy groups -OCH3 is 1. The van der Waals surface area contributed by atoms with Gasteiger partial charge in [-0.25, -0.2) is 9.38 Å². The third-order valence-electron chi connectivity index (χ3n) is 3.17. The van der Waals surface area contributed by atoms with Gasteiger partial charge in [0.15, 0.2) is 4.96 Å². The highest BCUT2D eigenvalue weighted by atomic mass is 32.1. The number of hydrogen-bond acceptors (Lipinski definition) is 5. The van der Waals surface area contributed by atoms with Gasteiger partial charge in [0, 0.05) is 17.8 Å². The first-order valence-electron chi connectivity index (χ1n) is 6.65. The number of halogens is 3. The van der Waals surface area contributed by atoms with Crippen LogP contribution >= 0.6 is 11.3 Å². The van der Waals surface area contributed by atoms with Crippen LogP contribution in [0.3, 0.4) is 0 Å². The molecule has 0 amide bonds. The predicted octanol–water partition coefficient (Wildman–Crippen LogP) is 3.35. The molecule has 0 spiro atoms. The minimum atomic E-state index is -4.65. The SMILES string of the molecule is COc1c(/C=C/c2cccnc2)nc2scc(C(F)(F)F)n2c1=O. The molecule has 3 aromatic rings. The Hall–Kier alpha value is -2.68. The lowest BCUT2D eigenvalue weighted by atomic mass is 10.2. The second-order valence-electron chi connectivity index (χ2n) is 4.69. The zero-order valence-electron chi connectivity index (χ0n) is 12.2. The van der Waals surface area contributed by atoms with E-state index < -0.39 is 17.4 Å². The number of ether oxygens (including phenoxy) is 1. The number of alkyl halides is 3. The van der Waals surface area contributed by atoms with Crippen LogP contribution in [-0.2, 0) is 6.18 Å². The number of nitrogens with zero attached hydrogens (tertiary/aromatic N) is 3. The molecule has 0 saturated heterocycles. The summed E-state index contributed by atoms with van der Waals surface area (Å²) in [7, 11) is 1.21. The van der Waals surface area contributed by atoms with Crippen molar-refractivity contribution in [3.05, 3.63) is 57.2 Å². The summed E-state index contributed by atoms with van der Waals surface area (Å²) in [5.41, 5.74) is -1.06. The lowest BCUT2D eigenvalue weighted by Gasteiger charge is -2.08. The Balaban J connectivity index is 2.17. The molecule has 0 atom stereocenters. The van der Waals surface area contributed by atoms with E-state index in [0.29, 0.717) is 4.40 Å². The first kappa shape index (κ1) is 16.2. The van der Waals surface area contributed by atoms with Crippen molar-refractivity contribution >= 4 is 28.4 Å². The van der Waals surface area contributed by atoms with Crippen LogP contribution in [0.25, 0.3) is 17.1 Å². The Labute approximate surface area is 137 Å². The van der Waals surface area contributed by atoms with Gasteiger partial charge in [0.2, 0.25) is 5.75 Å². The number of thiazole rings is 1. The van der Waals surface area contributed by atoms with Crippen molar-refractivity contribution < 1.29 is 17.9 Å². The molecule has 0 fully saturated rings. The Morgan fingerprint density at radius 3 is 2.75 bits per heavy atom. The average molecular weight is 353 g/mol. The summed E-state index contributed by atoms with van der Waals surface area (Å²) in [6.07, 6.45) is 1.71.